The van der Waals surface area contributed by atoms with E-state index in [2.05, 4.69) is 24.1 Å². The summed E-state index contributed by atoms with van der Waals surface area (Å²) in [6.45, 7) is 8.12. The van der Waals surface area contributed by atoms with Crippen LogP contribution in [-0.4, -0.2) is 37.0 Å². The summed E-state index contributed by atoms with van der Waals surface area (Å²) >= 11 is 0. The Labute approximate surface area is 109 Å². The van der Waals surface area contributed by atoms with Gasteiger partial charge in [-0.1, -0.05) is 19.9 Å². The van der Waals surface area contributed by atoms with Gasteiger partial charge in [0.15, 0.2) is 0 Å². The number of rotatable bonds is 7. The molecule has 100 valence electrons. The molecule has 0 saturated carbocycles. The number of nitrogens with two attached hydrogens (primary N) is 1. The van der Waals surface area contributed by atoms with Crippen LogP contribution in [0.5, 0.6) is 0 Å². The van der Waals surface area contributed by atoms with E-state index in [1.807, 2.05) is 0 Å². The Bertz CT molecular complexity index is 375. The summed E-state index contributed by atoms with van der Waals surface area (Å²) in [5, 5.41) is 2.91. The Kier molecular flexibility index (Phi) is 6.22. The SMILES string of the molecule is CCN(CC)CCCNC(=O)c1cccc(N)c1. The predicted molar refractivity (Wildman–Crippen MR) is 75.6 cm³/mol. The average Bonchev–Trinajstić information content (AvgIpc) is 2.38. The molecule has 0 heterocycles. The van der Waals surface area contributed by atoms with Crippen molar-refractivity contribution in [1.82, 2.24) is 10.2 Å². The third-order valence-corrected chi connectivity index (χ3v) is 2.98. The summed E-state index contributed by atoms with van der Waals surface area (Å²) in [4.78, 5) is 14.1. The van der Waals surface area contributed by atoms with Gasteiger partial charge < -0.3 is 16.0 Å². The second-order valence-electron chi connectivity index (χ2n) is 4.26. The molecule has 0 spiro atoms. The number of nitrogens with zero attached hydrogens (tertiary/aromatic N) is 1. The number of carbonyl (C=O) groups excluding carboxylic acids is 1. The van der Waals surface area contributed by atoms with Crippen molar-refractivity contribution in [2.45, 2.75) is 20.3 Å². The maximum Gasteiger partial charge on any atom is 0.251 e. The maximum absolute atomic E-state index is 11.8. The van der Waals surface area contributed by atoms with E-state index in [9.17, 15) is 4.79 Å². The lowest BCUT2D eigenvalue weighted by Gasteiger charge is -2.17. The van der Waals surface area contributed by atoms with E-state index in [1.165, 1.54) is 0 Å². The van der Waals surface area contributed by atoms with Gasteiger partial charge in [0.1, 0.15) is 0 Å². The Morgan fingerprint density at radius 3 is 2.67 bits per heavy atom. The average molecular weight is 249 g/mol. The highest BCUT2D eigenvalue weighted by atomic mass is 16.1. The second kappa shape index (κ2) is 7.71. The predicted octanol–water partition coefficient (Wildman–Crippen LogP) is 1.73. The zero-order chi connectivity index (χ0) is 13.4. The minimum atomic E-state index is -0.0538. The van der Waals surface area contributed by atoms with Crippen molar-refractivity contribution in [3.8, 4) is 0 Å². The number of hydrogen-bond acceptors (Lipinski definition) is 3. The molecule has 0 atom stereocenters. The molecule has 4 heteroatoms. The van der Waals surface area contributed by atoms with Gasteiger partial charge in [-0.25, -0.2) is 0 Å². The van der Waals surface area contributed by atoms with E-state index in [0.717, 1.165) is 26.1 Å². The topological polar surface area (TPSA) is 58.4 Å². The van der Waals surface area contributed by atoms with Gasteiger partial charge in [0.05, 0.1) is 0 Å². The summed E-state index contributed by atoms with van der Waals surface area (Å²) in [5.41, 5.74) is 6.88. The van der Waals surface area contributed by atoms with Crippen molar-refractivity contribution in [3.63, 3.8) is 0 Å². The van der Waals surface area contributed by atoms with Gasteiger partial charge in [-0.05, 0) is 44.3 Å². The van der Waals surface area contributed by atoms with Crippen molar-refractivity contribution in [3.05, 3.63) is 29.8 Å². The molecule has 0 radical (unpaired) electrons. The number of anilines is 1. The van der Waals surface area contributed by atoms with Crippen molar-refractivity contribution >= 4 is 11.6 Å². The van der Waals surface area contributed by atoms with Gasteiger partial charge in [0.2, 0.25) is 0 Å². The molecule has 0 saturated heterocycles. The number of benzene rings is 1. The van der Waals surface area contributed by atoms with Gasteiger partial charge >= 0.3 is 0 Å². The highest BCUT2D eigenvalue weighted by Gasteiger charge is 2.05. The lowest BCUT2D eigenvalue weighted by Crippen LogP contribution is -2.29. The molecular weight excluding hydrogens is 226 g/mol. The fourth-order valence-electron chi connectivity index (χ4n) is 1.83. The largest absolute Gasteiger partial charge is 0.399 e. The first-order valence-electron chi connectivity index (χ1n) is 6.53. The first-order chi connectivity index (χ1) is 8.67. The fraction of sp³-hybridized carbons (Fsp3) is 0.500. The minimum Gasteiger partial charge on any atom is -0.399 e. The van der Waals surface area contributed by atoms with E-state index in [0.29, 0.717) is 17.8 Å². The number of amides is 1. The zero-order valence-corrected chi connectivity index (χ0v) is 11.3. The molecule has 0 aliphatic carbocycles. The monoisotopic (exact) mass is 249 g/mol. The lowest BCUT2D eigenvalue weighted by atomic mass is 10.2. The van der Waals surface area contributed by atoms with Gasteiger partial charge in [-0.2, -0.15) is 0 Å². The van der Waals surface area contributed by atoms with Crippen molar-refractivity contribution in [2.75, 3.05) is 31.9 Å². The standard InChI is InChI=1S/C14H23N3O/c1-3-17(4-2)10-6-9-16-14(18)12-7-5-8-13(15)11-12/h5,7-8,11H,3-4,6,9-10,15H2,1-2H3,(H,16,18). The highest BCUT2D eigenvalue weighted by molar-refractivity contribution is 5.94. The van der Waals surface area contributed by atoms with Gasteiger partial charge in [0, 0.05) is 17.8 Å². The van der Waals surface area contributed by atoms with E-state index < -0.39 is 0 Å². The van der Waals surface area contributed by atoms with Crippen molar-refractivity contribution < 1.29 is 4.79 Å². The van der Waals surface area contributed by atoms with Crippen LogP contribution in [0.1, 0.15) is 30.6 Å². The quantitative estimate of drug-likeness (QED) is 0.571. The van der Waals surface area contributed by atoms with E-state index in [4.69, 9.17) is 5.73 Å². The van der Waals surface area contributed by atoms with Crippen LogP contribution >= 0.6 is 0 Å². The van der Waals surface area contributed by atoms with Crippen LogP contribution in [0.3, 0.4) is 0 Å². The van der Waals surface area contributed by atoms with Crippen LogP contribution < -0.4 is 11.1 Å². The minimum absolute atomic E-state index is 0.0538. The Hall–Kier alpha value is -1.55. The Morgan fingerprint density at radius 2 is 2.06 bits per heavy atom. The first-order valence-corrected chi connectivity index (χ1v) is 6.53. The van der Waals surface area contributed by atoms with Crippen molar-refractivity contribution in [1.29, 1.82) is 0 Å². The molecule has 0 aliphatic heterocycles. The second-order valence-corrected chi connectivity index (χ2v) is 4.26. The van der Waals surface area contributed by atoms with Crippen molar-refractivity contribution in [2.24, 2.45) is 0 Å². The zero-order valence-electron chi connectivity index (χ0n) is 11.3. The third kappa shape index (κ3) is 4.75. The Morgan fingerprint density at radius 1 is 1.33 bits per heavy atom. The summed E-state index contributed by atoms with van der Waals surface area (Å²) in [6, 6.07) is 7.03. The van der Waals surface area contributed by atoms with Crippen LogP contribution in [0.15, 0.2) is 24.3 Å². The molecule has 3 N–H and O–H groups in total. The van der Waals surface area contributed by atoms with Gasteiger partial charge in [-0.3, -0.25) is 4.79 Å². The van der Waals surface area contributed by atoms with Crippen LogP contribution in [0, 0.1) is 0 Å². The summed E-state index contributed by atoms with van der Waals surface area (Å²) in [7, 11) is 0. The summed E-state index contributed by atoms with van der Waals surface area (Å²) in [5.74, 6) is -0.0538. The number of nitrogen functional groups attached to an aromatic ring is 1. The van der Waals surface area contributed by atoms with E-state index >= 15 is 0 Å². The molecule has 0 fully saturated rings. The maximum atomic E-state index is 11.8. The van der Waals surface area contributed by atoms with Crippen LogP contribution in [-0.2, 0) is 0 Å². The molecule has 1 aromatic carbocycles. The molecule has 1 aromatic rings. The molecule has 0 aromatic heterocycles. The van der Waals surface area contributed by atoms with Crippen LogP contribution in [0.4, 0.5) is 5.69 Å². The lowest BCUT2D eigenvalue weighted by molar-refractivity contribution is 0.0952. The number of hydrogen-bond donors (Lipinski definition) is 2. The fourth-order valence-corrected chi connectivity index (χ4v) is 1.83. The number of nitrogens with one attached hydrogen (secondary N) is 1. The summed E-state index contributed by atoms with van der Waals surface area (Å²) < 4.78 is 0. The normalized spacial score (nSPS) is 10.6. The molecule has 1 rings (SSSR count). The van der Waals surface area contributed by atoms with Crippen LogP contribution in [0.25, 0.3) is 0 Å². The number of carbonyl (C=O) groups is 1. The molecule has 1 amide bonds. The van der Waals surface area contributed by atoms with Gasteiger partial charge in [0.25, 0.3) is 5.91 Å². The van der Waals surface area contributed by atoms with E-state index in [1.54, 1.807) is 24.3 Å². The first kappa shape index (κ1) is 14.5. The molecule has 0 bridgehead atoms. The molecule has 0 aliphatic rings. The third-order valence-electron chi connectivity index (χ3n) is 2.98. The molecule has 4 nitrogen and oxygen atoms in total. The molecule has 18 heavy (non-hydrogen) atoms. The van der Waals surface area contributed by atoms with Crippen LogP contribution in [0.2, 0.25) is 0 Å². The molecular formula is C14H23N3O. The smallest absolute Gasteiger partial charge is 0.251 e. The summed E-state index contributed by atoms with van der Waals surface area (Å²) in [6.07, 6.45) is 0.968. The highest BCUT2D eigenvalue weighted by Crippen LogP contribution is 2.05. The Balaban J connectivity index is 2.29. The van der Waals surface area contributed by atoms with E-state index in [-0.39, 0.29) is 5.91 Å². The van der Waals surface area contributed by atoms with Gasteiger partial charge in [-0.15, -0.1) is 0 Å². The molecule has 0 unspecified atom stereocenters.